The van der Waals surface area contributed by atoms with Crippen molar-refractivity contribution in [1.29, 1.82) is 0 Å². The van der Waals surface area contributed by atoms with E-state index in [1.54, 1.807) is 12.3 Å². The first kappa shape index (κ1) is 11.9. The maximum Gasteiger partial charge on any atom is 0.416 e. The topological polar surface area (TPSA) is 12.9 Å². The Balaban J connectivity index is 2.59. The van der Waals surface area contributed by atoms with Crippen molar-refractivity contribution in [3.05, 3.63) is 41.6 Å². The van der Waals surface area contributed by atoms with Crippen LogP contribution in [-0.4, -0.2) is 4.98 Å². The summed E-state index contributed by atoms with van der Waals surface area (Å²) >= 11 is 0. The van der Waals surface area contributed by atoms with Gasteiger partial charge in [-0.25, -0.2) is 0 Å². The van der Waals surface area contributed by atoms with Gasteiger partial charge in [0.2, 0.25) is 0 Å². The molecule has 0 saturated heterocycles. The van der Waals surface area contributed by atoms with Gasteiger partial charge in [0.05, 0.1) is 11.1 Å². The number of benzene rings is 1. The van der Waals surface area contributed by atoms with Crippen LogP contribution < -0.4 is 0 Å². The molecule has 4 heteroatoms. The van der Waals surface area contributed by atoms with Gasteiger partial charge in [0, 0.05) is 11.6 Å². The van der Waals surface area contributed by atoms with E-state index in [1.807, 2.05) is 13.8 Å². The average Bonchev–Trinajstić information content (AvgIpc) is 2.26. The predicted molar refractivity (Wildman–Crippen MR) is 60.8 cm³/mol. The molecule has 0 spiro atoms. The monoisotopic (exact) mass is 239 g/mol. The van der Waals surface area contributed by atoms with Crippen molar-refractivity contribution in [1.82, 2.24) is 4.98 Å². The molecular formula is C13H12F3N. The molecule has 17 heavy (non-hydrogen) atoms. The van der Waals surface area contributed by atoms with Crippen LogP contribution in [-0.2, 0) is 6.18 Å². The molecule has 2 aromatic rings. The molecule has 0 aliphatic carbocycles. The van der Waals surface area contributed by atoms with E-state index >= 15 is 0 Å². The smallest absolute Gasteiger partial charge is 0.256 e. The van der Waals surface area contributed by atoms with E-state index in [-0.39, 0.29) is 5.92 Å². The molecular weight excluding hydrogens is 227 g/mol. The third kappa shape index (κ3) is 2.40. The number of hydrogen-bond donors (Lipinski definition) is 0. The number of pyridine rings is 1. The molecule has 1 heterocycles. The highest BCUT2D eigenvalue weighted by atomic mass is 19.4. The van der Waals surface area contributed by atoms with Gasteiger partial charge >= 0.3 is 6.18 Å². The Labute approximate surface area is 97.3 Å². The van der Waals surface area contributed by atoms with Gasteiger partial charge in [-0.05, 0) is 35.7 Å². The summed E-state index contributed by atoms with van der Waals surface area (Å²) in [6, 6.07) is 5.38. The van der Waals surface area contributed by atoms with Crippen LogP contribution in [0.25, 0.3) is 10.9 Å². The number of alkyl halides is 3. The fourth-order valence-corrected chi connectivity index (χ4v) is 1.64. The van der Waals surface area contributed by atoms with Gasteiger partial charge in [0.15, 0.2) is 0 Å². The third-order valence-electron chi connectivity index (χ3n) is 2.70. The van der Waals surface area contributed by atoms with E-state index in [2.05, 4.69) is 4.98 Å². The van der Waals surface area contributed by atoms with Crippen LogP contribution in [0.2, 0.25) is 0 Å². The Kier molecular flexibility index (Phi) is 2.81. The summed E-state index contributed by atoms with van der Waals surface area (Å²) in [6.07, 6.45) is -2.59. The van der Waals surface area contributed by atoms with E-state index in [9.17, 15) is 13.2 Å². The first-order valence-electron chi connectivity index (χ1n) is 5.35. The molecule has 1 nitrogen and oxygen atoms in total. The zero-order valence-corrected chi connectivity index (χ0v) is 9.55. The fourth-order valence-electron chi connectivity index (χ4n) is 1.64. The molecule has 2 rings (SSSR count). The van der Waals surface area contributed by atoms with Crippen molar-refractivity contribution in [3.8, 4) is 0 Å². The van der Waals surface area contributed by atoms with Crippen molar-refractivity contribution in [2.45, 2.75) is 25.9 Å². The van der Waals surface area contributed by atoms with Gasteiger partial charge in [-0.2, -0.15) is 13.2 Å². The highest BCUT2D eigenvalue weighted by Crippen LogP contribution is 2.31. The van der Waals surface area contributed by atoms with Crippen LogP contribution in [0.3, 0.4) is 0 Å². The van der Waals surface area contributed by atoms with Crippen LogP contribution in [0.4, 0.5) is 13.2 Å². The van der Waals surface area contributed by atoms with Crippen molar-refractivity contribution in [3.63, 3.8) is 0 Å². The van der Waals surface area contributed by atoms with Gasteiger partial charge in [-0.15, -0.1) is 0 Å². The molecule has 0 aliphatic rings. The van der Waals surface area contributed by atoms with Crippen molar-refractivity contribution in [2.24, 2.45) is 0 Å². The van der Waals surface area contributed by atoms with Crippen LogP contribution in [0.5, 0.6) is 0 Å². The number of aromatic nitrogens is 1. The Morgan fingerprint density at radius 1 is 1.12 bits per heavy atom. The summed E-state index contributed by atoms with van der Waals surface area (Å²) in [7, 11) is 0. The molecule has 0 atom stereocenters. The third-order valence-corrected chi connectivity index (χ3v) is 2.70. The summed E-state index contributed by atoms with van der Waals surface area (Å²) in [4.78, 5) is 4.16. The molecule has 0 aliphatic heterocycles. The number of hydrogen-bond acceptors (Lipinski definition) is 1. The molecule has 0 saturated carbocycles. The summed E-state index contributed by atoms with van der Waals surface area (Å²) in [5.41, 5.74) is 0.895. The molecule has 0 fully saturated rings. The van der Waals surface area contributed by atoms with Gasteiger partial charge in [0.25, 0.3) is 0 Å². The maximum absolute atomic E-state index is 12.6. The van der Waals surface area contributed by atoms with Gasteiger partial charge in [0.1, 0.15) is 0 Å². The Bertz CT molecular complexity index is 544. The highest BCUT2D eigenvalue weighted by molar-refractivity contribution is 5.80. The zero-order chi connectivity index (χ0) is 12.6. The Morgan fingerprint density at radius 2 is 1.82 bits per heavy atom. The lowest BCUT2D eigenvalue weighted by Gasteiger charge is -2.09. The quantitative estimate of drug-likeness (QED) is 0.719. The first-order chi connectivity index (χ1) is 7.88. The molecule has 90 valence electrons. The van der Waals surface area contributed by atoms with Crippen LogP contribution >= 0.6 is 0 Å². The van der Waals surface area contributed by atoms with Crippen molar-refractivity contribution in [2.75, 3.05) is 0 Å². The standard InChI is InChI=1S/C13H12F3N/c1-8(2)10-5-9-6-11(13(14,15)16)3-4-12(9)17-7-10/h3-8H,1-2H3. The SMILES string of the molecule is CC(C)c1cnc2ccc(C(F)(F)F)cc2c1. The molecule has 1 aromatic heterocycles. The largest absolute Gasteiger partial charge is 0.416 e. The molecule has 1 aromatic carbocycles. The molecule has 0 radical (unpaired) electrons. The summed E-state index contributed by atoms with van der Waals surface area (Å²) in [5, 5.41) is 0.533. The second-order valence-corrected chi connectivity index (χ2v) is 4.33. The zero-order valence-electron chi connectivity index (χ0n) is 9.55. The van der Waals surface area contributed by atoms with Crippen molar-refractivity contribution >= 4 is 10.9 Å². The minimum atomic E-state index is -4.30. The lowest BCUT2D eigenvalue weighted by atomic mass is 10.0. The lowest BCUT2D eigenvalue weighted by molar-refractivity contribution is -0.137. The van der Waals surface area contributed by atoms with Gasteiger partial charge < -0.3 is 0 Å². The number of nitrogens with zero attached hydrogens (tertiary/aromatic N) is 1. The fraction of sp³-hybridized carbons (Fsp3) is 0.308. The Hall–Kier alpha value is -1.58. The Morgan fingerprint density at radius 3 is 2.41 bits per heavy atom. The number of halogens is 3. The molecule has 0 amide bonds. The second kappa shape index (κ2) is 4.02. The maximum atomic E-state index is 12.6. The summed E-state index contributed by atoms with van der Waals surface area (Å²) in [5.74, 6) is 0.251. The van der Waals surface area contributed by atoms with Crippen LogP contribution in [0.15, 0.2) is 30.5 Å². The number of rotatable bonds is 1. The normalized spacial score (nSPS) is 12.4. The van der Waals surface area contributed by atoms with E-state index in [0.29, 0.717) is 10.9 Å². The minimum absolute atomic E-state index is 0.251. The molecule has 0 bridgehead atoms. The predicted octanol–water partition coefficient (Wildman–Crippen LogP) is 4.38. The van der Waals surface area contributed by atoms with Crippen LogP contribution in [0.1, 0.15) is 30.9 Å². The number of fused-ring (bicyclic) bond motifs is 1. The molecule has 0 unspecified atom stereocenters. The van der Waals surface area contributed by atoms with Gasteiger partial charge in [-0.1, -0.05) is 13.8 Å². The summed E-state index contributed by atoms with van der Waals surface area (Å²) < 4.78 is 37.7. The van der Waals surface area contributed by atoms with E-state index < -0.39 is 11.7 Å². The minimum Gasteiger partial charge on any atom is -0.256 e. The van der Waals surface area contributed by atoms with Crippen LogP contribution in [0, 0.1) is 0 Å². The second-order valence-electron chi connectivity index (χ2n) is 4.33. The van der Waals surface area contributed by atoms with E-state index in [4.69, 9.17) is 0 Å². The van der Waals surface area contributed by atoms with Crippen molar-refractivity contribution < 1.29 is 13.2 Å². The summed E-state index contributed by atoms with van der Waals surface area (Å²) in [6.45, 7) is 3.97. The highest BCUT2D eigenvalue weighted by Gasteiger charge is 2.30. The lowest BCUT2D eigenvalue weighted by Crippen LogP contribution is -2.04. The van der Waals surface area contributed by atoms with E-state index in [1.165, 1.54) is 6.07 Å². The first-order valence-corrected chi connectivity index (χ1v) is 5.35. The van der Waals surface area contributed by atoms with E-state index in [0.717, 1.165) is 17.7 Å². The average molecular weight is 239 g/mol. The van der Waals surface area contributed by atoms with Gasteiger partial charge in [-0.3, -0.25) is 4.98 Å². The molecule has 0 N–H and O–H groups in total.